The Balaban J connectivity index is 1.54. The number of carbonyl (C=O) groups is 9. The highest BCUT2D eigenvalue weighted by molar-refractivity contribution is 5.98. The standard InChI is InChI=1S/C50H69N17O10/c1-28(68)61-34(14-7-20-57-49(51)52)42(70)63-36-17-18-41(69)56-19-9-16-37(48(76)77)64-46(74)39(23-30-25-59-33-13-6-5-12-32(30)33)66-43(71)35(15-8-21-58-50(53)54)62-45(73)38(22-29-10-3-2-4-11-29)65-47(75)40(67-44(36)72)24-31-26-55-27-60-31/h2-6,10-13,25-27,34-40,59H,7-9,14-24H2,1H3,(H,55,60)(H,56,69)(H,61,68)(H,62,73)(H,63,70)(H,64,74)(H,65,75)(H,66,71)(H,67,72)(H,76,77)(H4,51,52,57)(H4,53,54,58)/t34-,35+,36+,37+,38-,39+,40+/m1/s1. The number of aromatic amines is 2. The molecule has 27 nitrogen and oxygen atoms in total. The number of benzene rings is 2. The molecule has 8 amide bonds. The molecule has 1 fully saturated rings. The van der Waals surface area contributed by atoms with E-state index in [1.165, 1.54) is 19.4 Å². The van der Waals surface area contributed by atoms with Gasteiger partial charge in [0, 0.05) is 75.5 Å². The Morgan fingerprint density at radius 2 is 1.35 bits per heavy atom. The number of carboxylic acids is 1. The maximum absolute atomic E-state index is 14.7. The molecule has 414 valence electrons. The maximum atomic E-state index is 14.7. The average Bonchev–Trinajstić information content (AvgIpc) is 4.06. The topological polar surface area (TPSA) is 438 Å². The number of nitrogens with zero attached hydrogens (tertiary/aromatic N) is 1. The number of aliphatic carboxylic acids is 1. The van der Waals surface area contributed by atoms with Gasteiger partial charge in [0.1, 0.15) is 42.3 Å². The lowest BCUT2D eigenvalue weighted by atomic mass is 10.0. The molecule has 77 heavy (non-hydrogen) atoms. The van der Waals surface area contributed by atoms with Gasteiger partial charge in [-0.25, -0.2) is 9.78 Å². The second-order valence-electron chi connectivity index (χ2n) is 18.5. The molecule has 7 atom stereocenters. The highest BCUT2D eigenvalue weighted by Crippen LogP contribution is 2.20. The molecule has 27 heteroatoms. The summed E-state index contributed by atoms with van der Waals surface area (Å²) < 4.78 is 0. The van der Waals surface area contributed by atoms with Crippen LogP contribution in [-0.2, 0) is 62.4 Å². The summed E-state index contributed by atoms with van der Waals surface area (Å²) >= 11 is 0. The molecular formula is C50H69N17O10. The number of aromatic nitrogens is 3. The predicted octanol–water partition coefficient (Wildman–Crippen LogP) is -2.37. The zero-order valence-electron chi connectivity index (χ0n) is 42.6. The second kappa shape index (κ2) is 29.7. The monoisotopic (exact) mass is 1070 g/mol. The molecule has 2 aromatic heterocycles. The van der Waals surface area contributed by atoms with Crippen molar-refractivity contribution in [3.05, 3.63) is 90.1 Å². The van der Waals surface area contributed by atoms with Crippen molar-refractivity contribution in [1.82, 2.24) is 68.1 Å². The van der Waals surface area contributed by atoms with Gasteiger partial charge in [-0.2, -0.15) is 0 Å². The molecule has 3 heterocycles. The number of carbonyl (C=O) groups excluding carboxylic acids is 8. The van der Waals surface area contributed by atoms with Crippen molar-refractivity contribution in [3.8, 4) is 0 Å². The van der Waals surface area contributed by atoms with E-state index in [1.54, 1.807) is 42.6 Å². The molecule has 0 radical (unpaired) electrons. The molecule has 0 spiro atoms. The summed E-state index contributed by atoms with van der Waals surface area (Å²) in [6.07, 6.45) is 3.50. The normalized spacial score (nSPS) is 20.8. The molecule has 0 bridgehead atoms. The Morgan fingerprint density at radius 1 is 0.740 bits per heavy atom. The lowest BCUT2D eigenvalue weighted by Crippen LogP contribution is -2.60. The fraction of sp³-hybridized carbons (Fsp3) is 0.440. The summed E-state index contributed by atoms with van der Waals surface area (Å²) in [4.78, 5) is 135. The molecule has 1 aliphatic rings. The van der Waals surface area contributed by atoms with Crippen LogP contribution in [0.3, 0.4) is 0 Å². The van der Waals surface area contributed by atoms with Crippen molar-refractivity contribution in [1.29, 1.82) is 10.8 Å². The first-order valence-electron chi connectivity index (χ1n) is 25.2. The summed E-state index contributed by atoms with van der Waals surface area (Å²) in [6, 6.07) is 5.89. The van der Waals surface area contributed by atoms with E-state index in [0.717, 1.165) is 10.9 Å². The molecular weight excluding hydrogens is 999 g/mol. The quantitative estimate of drug-likeness (QED) is 0.0282. The Kier molecular flexibility index (Phi) is 22.7. The van der Waals surface area contributed by atoms with Crippen LogP contribution in [0.4, 0.5) is 0 Å². The van der Waals surface area contributed by atoms with Crippen LogP contribution in [0, 0.1) is 10.8 Å². The van der Waals surface area contributed by atoms with Crippen molar-refractivity contribution >= 4 is 76.0 Å². The molecule has 5 rings (SSSR count). The van der Waals surface area contributed by atoms with E-state index < -0.39 is 95.5 Å². The summed E-state index contributed by atoms with van der Waals surface area (Å²) in [6.45, 7) is 1.39. The smallest absolute Gasteiger partial charge is 0.326 e. The summed E-state index contributed by atoms with van der Waals surface area (Å²) in [5.41, 5.74) is 13.1. The fourth-order valence-electron chi connectivity index (χ4n) is 8.51. The Hall–Kier alpha value is -9.04. The number of hydrogen-bond donors (Lipinski definition) is 17. The van der Waals surface area contributed by atoms with Crippen molar-refractivity contribution in [2.45, 2.75) is 120 Å². The van der Waals surface area contributed by atoms with Gasteiger partial charge in [0.2, 0.25) is 47.3 Å². The first kappa shape index (κ1) is 58.8. The minimum absolute atomic E-state index is 0.0376. The summed E-state index contributed by atoms with van der Waals surface area (Å²) in [5, 5.41) is 52.5. The van der Waals surface area contributed by atoms with Gasteiger partial charge < -0.3 is 79.7 Å². The predicted molar refractivity (Wildman–Crippen MR) is 281 cm³/mol. The maximum Gasteiger partial charge on any atom is 0.326 e. The van der Waals surface area contributed by atoms with E-state index in [4.69, 9.17) is 22.3 Å². The number of H-pyrrole nitrogens is 2. The van der Waals surface area contributed by atoms with Crippen LogP contribution in [-0.4, -0.2) is 147 Å². The van der Waals surface area contributed by atoms with E-state index in [-0.39, 0.29) is 102 Å². The van der Waals surface area contributed by atoms with Crippen LogP contribution in [0.25, 0.3) is 10.9 Å². The SMILES string of the molecule is CC(=O)N[C@H](CCCNC(=N)N)C(=O)N[C@H]1CCC(=O)NCCC[C@@H](C(=O)O)NC(=O)[C@H](Cc2c[nH]c3ccccc23)NC(=O)[C@H](CCCNC(=N)N)NC(=O)[C@@H](Cc2ccccc2)NC(=O)[C@H](Cc2c[nH]cn2)NC1=O. The molecule has 0 saturated carbocycles. The third-order valence-corrected chi connectivity index (χ3v) is 12.4. The number of guanidine groups is 2. The number of fused-ring (bicyclic) bond motifs is 1. The number of hydrogen-bond acceptors (Lipinski definition) is 12. The van der Waals surface area contributed by atoms with Crippen molar-refractivity contribution < 1.29 is 48.3 Å². The molecule has 0 aliphatic carbocycles. The van der Waals surface area contributed by atoms with Crippen LogP contribution in [0.2, 0.25) is 0 Å². The highest BCUT2D eigenvalue weighted by atomic mass is 16.4. The van der Waals surface area contributed by atoms with Gasteiger partial charge >= 0.3 is 5.97 Å². The van der Waals surface area contributed by atoms with E-state index in [2.05, 4.69) is 68.1 Å². The minimum atomic E-state index is -1.51. The Labute approximate surface area is 443 Å². The van der Waals surface area contributed by atoms with E-state index in [0.29, 0.717) is 16.8 Å². The number of amides is 8. The fourth-order valence-corrected chi connectivity index (χ4v) is 8.51. The van der Waals surface area contributed by atoms with Crippen LogP contribution in [0.1, 0.15) is 75.1 Å². The van der Waals surface area contributed by atoms with Crippen molar-refractivity contribution in [2.75, 3.05) is 19.6 Å². The number of rotatable bonds is 18. The number of para-hydroxylation sites is 1. The lowest BCUT2D eigenvalue weighted by Gasteiger charge is -2.28. The van der Waals surface area contributed by atoms with Gasteiger partial charge in [-0.3, -0.25) is 49.2 Å². The molecule has 1 aliphatic heterocycles. The third-order valence-electron chi connectivity index (χ3n) is 12.4. The first-order chi connectivity index (χ1) is 36.9. The van der Waals surface area contributed by atoms with E-state index in [9.17, 15) is 48.3 Å². The largest absolute Gasteiger partial charge is 0.480 e. The summed E-state index contributed by atoms with van der Waals surface area (Å²) in [7, 11) is 0. The molecule has 0 unspecified atom stereocenters. The van der Waals surface area contributed by atoms with Gasteiger partial charge in [0.25, 0.3) is 0 Å². The first-order valence-corrected chi connectivity index (χ1v) is 25.2. The zero-order chi connectivity index (χ0) is 55.9. The third kappa shape index (κ3) is 19.6. The van der Waals surface area contributed by atoms with Gasteiger partial charge in [-0.15, -0.1) is 0 Å². The highest BCUT2D eigenvalue weighted by Gasteiger charge is 2.35. The second-order valence-corrected chi connectivity index (χ2v) is 18.5. The lowest BCUT2D eigenvalue weighted by molar-refractivity contribution is -0.142. The molecule has 4 aromatic rings. The van der Waals surface area contributed by atoms with Gasteiger partial charge in [0.05, 0.1) is 12.0 Å². The molecule has 19 N–H and O–H groups in total. The van der Waals surface area contributed by atoms with Crippen LogP contribution in [0.5, 0.6) is 0 Å². The van der Waals surface area contributed by atoms with Crippen LogP contribution >= 0.6 is 0 Å². The van der Waals surface area contributed by atoms with E-state index >= 15 is 0 Å². The number of nitrogens with one attached hydrogen (secondary N) is 14. The minimum Gasteiger partial charge on any atom is -0.480 e. The molecule has 1 saturated heterocycles. The number of carboxylic acid groups (broad SMARTS) is 1. The average molecular weight is 1070 g/mol. The van der Waals surface area contributed by atoms with E-state index in [1.807, 2.05) is 18.2 Å². The van der Waals surface area contributed by atoms with Crippen molar-refractivity contribution in [2.24, 2.45) is 11.5 Å². The van der Waals surface area contributed by atoms with Crippen LogP contribution in [0.15, 0.2) is 73.3 Å². The van der Waals surface area contributed by atoms with Crippen LogP contribution < -0.4 is 64.6 Å². The Bertz CT molecular complexity index is 2700. The number of nitrogens with two attached hydrogens (primary N) is 2. The number of imidazole rings is 1. The van der Waals surface area contributed by atoms with Gasteiger partial charge in [-0.1, -0.05) is 48.5 Å². The van der Waals surface area contributed by atoms with Gasteiger partial charge in [0.15, 0.2) is 11.9 Å². The van der Waals surface area contributed by atoms with Crippen molar-refractivity contribution in [3.63, 3.8) is 0 Å². The van der Waals surface area contributed by atoms with Gasteiger partial charge in [-0.05, 0) is 62.1 Å². The zero-order valence-corrected chi connectivity index (χ0v) is 42.6. The Morgan fingerprint density at radius 3 is 2.01 bits per heavy atom. The summed E-state index contributed by atoms with van der Waals surface area (Å²) in [5.74, 6) is -8.41. The molecule has 2 aromatic carbocycles.